The first kappa shape index (κ1) is 13.3. The Labute approximate surface area is 115 Å². The molecule has 2 aromatic carbocycles. The van der Waals surface area contributed by atoms with E-state index in [1.54, 1.807) is 30.3 Å². The summed E-state index contributed by atoms with van der Waals surface area (Å²) in [5.74, 6) is -1.39. The molecule has 0 aliphatic carbocycles. The summed E-state index contributed by atoms with van der Waals surface area (Å²) in [5.41, 5.74) is 5.99. The fourth-order valence-electron chi connectivity index (χ4n) is 1.79. The summed E-state index contributed by atoms with van der Waals surface area (Å²) in [7, 11) is 0. The first-order valence-corrected chi connectivity index (χ1v) is 5.92. The molecule has 0 bridgehead atoms. The van der Waals surface area contributed by atoms with E-state index in [-0.39, 0.29) is 16.2 Å². The average Bonchev–Trinajstić information content (AvgIpc) is 2.39. The van der Waals surface area contributed by atoms with Gasteiger partial charge in [-0.3, -0.25) is 4.79 Å². The SMILES string of the molecule is C=C(C(N)=O)c1c(Cl)ccc(-c2ccccc2)c1F. The van der Waals surface area contributed by atoms with E-state index in [1.807, 2.05) is 6.07 Å². The number of primary amides is 1. The molecule has 0 fully saturated rings. The van der Waals surface area contributed by atoms with Gasteiger partial charge in [0.15, 0.2) is 0 Å². The largest absolute Gasteiger partial charge is 0.366 e. The summed E-state index contributed by atoms with van der Waals surface area (Å²) in [6, 6.07) is 12.0. The zero-order valence-corrected chi connectivity index (χ0v) is 10.7. The number of carbonyl (C=O) groups is 1. The van der Waals surface area contributed by atoms with E-state index >= 15 is 0 Å². The first-order valence-electron chi connectivity index (χ1n) is 5.55. The number of hydrogen-bond acceptors (Lipinski definition) is 1. The predicted octanol–water partition coefficient (Wildman–Crippen LogP) is 3.64. The summed E-state index contributed by atoms with van der Waals surface area (Å²) < 4.78 is 14.5. The highest BCUT2D eigenvalue weighted by molar-refractivity contribution is 6.34. The molecule has 0 aliphatic heterocycles. The predicted molar refractivity (Wildman–Crippen MR) is 75.1 cm³/mol. The Kier molecular flexibility index (Phi) is 3.67. The number of rotatable bonds is 3. The molecule has 0 unspecified atom stereocenters. The van der Waals surface area contributed by atoms with Gasteiger partial charge in [0, 0.05) is 16.7 Å². The van der Waals surface area contributed by atoms with Gasteiger partial charge in [-0.05, 0) is 17.7 Å². The lowest BCUT2D eigenvalue weighted by Crippen LogP contribution is -2.13. The molecule has 2 rings (SSSR count). The lowest BCUT2D eigenvalue weighted by atomic mass is 9.98. The van der Waals surface area contributed by atoms with Gasteiger partial charge in [0.2, 0.25) is 5.91 Å². The number of halogens is 2. The molecular weight excluding hydrogens is 265 g/mol. The molecule has 0 saturated carbocycles. The van der Waals surface area contributed by atoms with Gasteiger partial charge in [0.1, 0.15) is 5.82 Å². The zero-order chi connectivity index (χ0) is 14.0. The van der Waals surface area contributed by atoms with Crippen LogP contribution in [-0.2, 0) is 4.79 Å². The van der Waals surface area contributed by atoms with E-state index < -0.39 is 11.7 Å². The highest BCUT2D eigenvalue weighted by Gasteiger charge is 2.18. The van der Waals surface area contributed by atoms with E-state index in [0.29, 0.717) is 11.1 Å². The Morgan fingerprint density at radius 3 is 2.37 bits per heavy atom. The maximum Gasteiger partial charge on any atom is 0.248 e. The maximum atomic E-state index is 14.5. The van der Waals surface area contributed by atoms with Crippen molar-refractivity contribution in [3.05, 3.63) is 65.4 Å². The van der Waals surface area contributed by atoms with Crippen LogP contribution in [-0.4, -0.2) is 5.91 Å². The van der Waals surface area contributed by atoms with Gasteiger partial charge in [-0.15, -0.1) is 0 Å². The van der Waals surface area contributed by atoms with Crippen molar-refractivity contribution in [2.75, 3.05) is 0 Å². The van der Waals surface area contributed by atoms with Gasteiger partial charge in [-0.1, -0.05) is 48.5 Å². The minimum atomic E-state index is -0.800. The molecule has 4 heteroatoms. The van der Waals surface area contributed by atoms with Crippen LogP contribution in [0.5, 0.6) is 0 Å². The normalized spacial score (nSPS) is 10.2. The molecule has 1 amide bonds. The van der Waals surface area contributed by atoms with E-state index in [4.69, 9.17) is 17.3 Å². The Hall–Kier alpha value is -2.13. The second kappa shape index (κ2) is 5.24. The average molecular weight is 276 g/mol. The highest BCUT2D eigenvalue weighted by Crippen LogP contribution is 2.32. The zero-order valence-electron chi connectivity index (χ0n) is 9.99. The molecule has 0 radical (unpaired) electrons. The van der Waals surface area contributed by atoms with Crippen molar-refractivity contribution in [1.29, 1.82) is 0 Å². The summed E-state index contributed by atoms with van der Waals surface area (Å²) in [6.07, 6.45) is 0. The second-order valence-corrected chi connectivity index (χ2v) is 4.40. The summed E-state index contributed by atoms with van der Waals surface area (Å²) >= 11 is 5.92. The lowest BCUT2D eigenvalue weighted by molar-refractivity contribution is -0.112. The molecule has 0 spiro atoms. The summed E-state index contributed by atoms with van der Waals surface area (Å²) in [4.78, 5) is 11.1. The smallest absolute Gasteiger partial charge is 0.248 e. The van der Waals surface area contributed by atoms with Crippen LogP contribution in [0.3, 0.4) is 0 Å². The number of benzene rings is 2. The quantitative estimate of drug-likeness (QED) is 0.854. The Morgan fingerprint density at radius 2 is 1.79 bits per heavy atom. The highest BCUT2D eigenvalue weighted by atomic mass is 35.5. The molecule has 2 N–H and O–H groups in total. The molecule has 19 heavy (non-hydrogen) atoms. The van der Waals surface area contributed by atoms with Crippen molar-refractivity contribution in [2.24, 2.45) is 5.73 Å². The molecule has 0 atom stereocenters. The van der Waals surface area contributed by atoms with Crippen molar-refractivity contribution in [1.82, 2.24) is 0 Å². The minimum Gasteiger partial charge on any atom is -0.366 e. The van der Waals surface area contributed by atoms with Gasteiger partial charge in [0.05, 0.1) is 5.02 Å². The summed E-state index contributed by atoms with van der Waals surface area (Å²) in [6.45, 7) is 3.48. The van der Waals surface area contributed by atoms with Crippen molar-refractivity contribution in [2.45, 2.75) is 0 Å². The van der Waals surface area contributed by atoms with E-state index in [9.17, 15) is 9.18 Å². The van der Waals surface area contributed by atoms with Crippen LogP contribution in [0.2, 0.25) is 5.02 Å². The fourth-order valence-corrected chi connectivity index (χ4v) is 2.05. The topological polar surface area (TPSA) is 43.1 Å². The summed E-state index contributed by atoms with van der Waals surface area (Å²) in [5, 5.41) is 0.112. The van der Waals surface area contributed by atoms with Gasteiger partial charge in [-0.25, -0.2) is 4.39 Å². The van der Waals surface area contributed by atoms with E-state index in [2.05, 4.69) is 6.58 Å². The molecule has 2 aromatic rings. The van der Waals surface area contributed by atoms with Gasteiger partial charge in [-0.2, -0.15) is 0 Å². The fraction of sp³-hybridized carbons (Fsp3) is 0. The monoisotopic (exact) mass is 275 g/mol. The van der Waals surface area contributed by atoms with Crippen molar-refractivity contribution in [3.63, 3.8) is 0 Å². The van der Waals surface area contributed by atoms with Crippen molar-refractivity contribution in [3.8, 4) is 11.1 Å². The Bertz CT molecular complexity index is 653. The molecule has 0 heterocycles. The van der Waals surface area contributed by atoms with Crippen LogP contribution in [0.25, 0.3) is 16.7 Å². The lowest BCUT2D eigenvalue weighted by Gasteiger charge is -2.11. The van der Waals surface area contributed by atoms with Crippen LogP contribution in [0, 0.1) is 5.82 Å². The molecule has 0 aromatic heterocycles. The van der Waals surface area contributed by atoms with Crippen molar-refractivity contribution < 1.29 is 9.18 Å². The van der Waals surface area contributed by atoms with Gasteiger partial charge < -0.3 is 5.73 Å². The van der Waals surface area contributed by atoms with E-state index in [1.165, 1.54) is 6.07 Å². The third-order valence-corrected chi connectivity index (χ3v) is 3.09. The third-order valence-electron chi connectivity index (χ3n) is 2.78. The standard InChI is InChI=1S/C15H11ClFNO/c1-9(15(18)19)13-12(16)8-7-11(14(13)17)10-5-3-2-4-6-10/h2-8H,1H2,(H2,18,19). The second-order valence-electron chi connectivity index (χ2n) is 3.99. The van der Waals surface area contributed by atoms with Crippen molar-refractivity contribution >= 4 is 23.1 Å². The maximum absolute atomic E-state index is 14.5. The van der Waals surface area contributed by atoms with Crippen LogP contribution in [0.4, 0.5) is 4.39 Å². The first-order chi connectivity index (χ1) is 9.02. The Balaban J connectivity index is 2.65. The van der Waals surface area contributed by atoms with Crippen LogP contribution < -0.4 is 5.73 Å². The van der Waals surface area contributed by atoms with Gasteiger partial charge >= 0.3 is 0 Å². The number of carbonyl (C=O) groups excluding carboxylic acids is 1. The molecule has 2 nitrogen and oxygen atoms in total. The number of amides is 1. The number of nitrogens with two attached hydrogens (primary N) is 1. The molecular formula is C15H11ClFNO. The number of hydrogen-bond donors (Lipinski definition) is 1. The molecule has 96 valence electrons. The van der Waals surface area contributed by atoms with Crippen LogP contribution >= 0.6 is 11.6 Å². The third kappa shape index (κ3) is 2.51. The minimum absolute atomic E-state index is 0.0458. The van der Waals surface area contributed by atoms with E-state index in [0.717, 1.165) is 0 Å². The van der Waals surface area contributed by atoms with Gasteiger partial charge in [0.25, 0.3) is 0 Å². The van der Waals surface area contributed by atoms with Crippen LogP contribution in [0.1, 0.15) is 5.56 Å². The Morgan fingerprint density at radius 1 is 1.16 bits per heavy atom. The molecule has 0 aliphatic rings. The van der Waals surface area contributed by atoms with Crippen LogP contribution in [0.15, 0.2) is 49.0 Å². The molecule has 0 saturated heterocycles.